The van der Waals surface area contributed by atoms with Gasteiger partial charge in [0, 0.05) is 25.9 Å². The maximum Gasteiger partial charge on any atom is 0.310 e. The van der Waals surface area contributed by atoms with E-state index in [-0.39, 0.29) is 23.6 Å². The number of nitrogens with zero attached hydrogens (tertiary/aromatic N) is 1. The molecule has 2 atom stereocenters. The van der Waals surface area contributed by atoms with E-state index in [0.717, 1.165) is 6.54 Å². The van der Waals surface area contributed by atoms with Crippen molar-refractivity contribution in [2.75, 3.05) is 38.8 Å². The molecule has 0 saturated carbocycles. The molecule has 0 aromatic rings. The third kappa shape index (κ3) is 3.75. The molecule has 0 aromatic heterocycles. The van der Waals surface area contributed by atoms with Crippen molar-refractivity contribution >= 4 is 15.8 Å². The van der Waals surface area contributed by atoms with Crippen LogP contribution in [-0.2, 0) is 19.4 Å². The zero-order valence-corrected chi connectivity index (χ0v) is 10.8. The molecular formula is C10H19NO4S. The number of likely N-dealkylation sites (tertiary alicyclic amines) is 1. The minimum absolute atomic E-state index is 0.121. The number of esters is 1. The van der Waals surface area contributed by atoms with E-state index in [0.29, 0.717) is 13.1 Å². The predicted molar refractivity (Wildman–Crippen MR) is 60.8 cm³/mol. The third-order valence-electron chi connectivity index (χ3n) is 2.97. The highest BCUT2D eigenvalue weighted by molar-refractivity contribution is 7.90. The Hall–Kier alpha value is -0.620. The molecule has 16 heavy (non-hydrogen) atoms. The van der Waals surface area contributed by atoms with E-state index in [4.69, 9.17) is 4.74 Å². The number of ether oxygens (including phenoxy) is 1. The summed E-state index contributed by atoms with van der Waals surface area (Å²) in [7, 11) is -1.55. The molecule has 0 bridgehead atoms. The number of carbonyl (C=O) groups is 1. The van der Waals surface area contributed by atoms with Gasteiger partial charge < -0.3 is 9.64 Å². The SMILES string of the molecule is COC(=O)C1CN(CCS(C)(=O)=O)CC1C. The summed E-state index contributed by atoms with van der Waals surface area (Å²) in [5.41, 5.74) is 0. The molecule has 1 heterocycles. The molecule has 6 heteroatoms. The van der Waals surface area contributed by atoms with Gasteiger partial charge in [-0.15, -0.1) is 0 Å². The maximum absolute atomic E-state index is 11.4. The Morgan fingerprint density at radius 3 is 2.56 bits per heavy atom. The minimum Gasteiger partial charge on any atom is -0.469 e. The van der Waals surface area contributed by atoms with Gasteiger partial charge >= 0.3 is 5.97 Å². The quantitative estimate of drug-likeness (QED) is 0.644. The Morgan fingerprint density at radius 1 is 1.44 bits per heavy atom. The first kappa shape index (κ1) is 13.4. The van der Waals surface area contributed by atoms with Gasteiger partial charge in [-0.05, 0) is 5.92 Å². The second-order valence-corrected chi connectivity index (χ2v) is 6.76. The van der Waals surface area contributed by atoms with E-state index in [1.807, 2.05) is 11.8 Å². The number of methoxy groups -OCH3 is 1. The van der Waals surface area contributed by atoms with E-state index < -0.39 is 9.84 Å². The minimum atomic E-state index is -2.93. The highest BCUT2D eigenvalue weighted by atomic mass is 32.2. The monoisotopic (exact) mass is 249 g/mol. The van der Waals surface area contributed by atoms with Crippen molar-refractivity contribution < 1.29 is 17.9 Å². The molecule has 5 nitrogen and oxygen atoms in total. The molecule has 0 aliphatic carbocycles. The molecule has 0 radical (unpaired) electrons. The van der Waals surface area contributed by atoms with Crippen LogP contribution in [-0.4, -0.2) is 58.0 Å². The fourth-order valence-corrected chi connectivity index (χ4v) is 2.59. The molecular weight excluding hydrogens is 230 g/mol. The molecule has 94 valence electrons. The van der Waals surface area contributed by atoms with Crippen LogP contribution in [0.3, 0.4) is 0 Å². The Labute approximate surface area is 96.7 Å². The molecule has 1 fully saturated rings. The van der Waals surface area contributed by atoms with Crippen molar-refractivity contribution in [2.24, 2.45) is 11.8 Å². The smallest absolute Gasteiger partial charge is 0.310 e. The van der Waals surface area contributed by atoms with Crippen LogP contribution in [0.25, 0.3) is 0 Å². The molecule has 0 spiro atoms. The van der Waals surface area contributed by atoms with Gasteiger partial charge in [-0.2, -0.15) is 0 Å². The Morgan fingerprint density at radius 2 is 2.06 bits per heavy atom. The fraction of sp³-hybridized carbons (Fsp3) is 0.900. The average molecular weight is 249 g/mol. The lowest BCUT2D eigenvalue weighted by Crippen LogP contribution is -2.28. The number of carbonyl (C=O) groups excluding carboxylic acids is 1. The van der Waals surface area contributed by atoms with Gasteiger partial charge in [-0.3, -0.25) is 4.79 Å². The second kappa shape index (κ2) is 5.14. The lowest BCUT2D eigenvalue weighted by Gasteiger charge is -2.14. The van der Waals surface area contributed by atoms with Crippen LogP contribution in [0.1, 0.15) is 6.92 Å². The van der Waals surface area contributed by atoms with Crippen LogP contribution in [0.5, 0.6) is 0 Å². The number of hydrogen-bond donors (Lipinski definition) is 0. The standard InChI is InChI=1S/C10H19NO4S/c1-8-6-11(4-5-16(3,13)14)7-9(8)10(12)15-2/h8-9H,4-7H2,1-3H3. The van der Waals surface area contributed by atoms with E-state index in [1.165, 1.54) is 13.4 Å². The molecule has 1 aliphatic rings. The molecule has 1 saturated heterocycles. The first-order chi connectivity index (χ1) is 7.33. The number of hydrogen-bond acceptors (Lipinski definition) is 5. The molecule has 0 N–H and O–H groups in total. The zero-order chi connectivity index (χ0) is 12.3. The number of rotatable bonds is 4. The van der Waals surface area contributed by atoms with E-state index in [9.17, 15) is 13.2 Å². The van der Waals surface area contributed by atoms with E-state index >= 15 is 0 Å². The topological polar surface area (TPSA) is 63.7 Å². The van der Waals surface area contributed by atoms with Gasteiger partial charge in [0.05, 0.1) is 18.8 Å². The van der Waals surface area contributed by atoms with Gasteiger partial charge in [0.2, 0.25) is 0 Å². The first-order valence-electron chi connectivity index (χ1n) is 5.31. The molecule has 0 amide bonds. The summed E-state index contributed by atoms with van der Waals surface area (Å²) in [5, 5.41) is 0. The van der Waals surface area contributed by atoms with Gasteiger partial charge in [0.15, 0.2) is 0 Å². The third-order valence-corrected chi connectivity index (χ3v) is 3.89. The second-order valence-electron chi connectivity index (χ2n) is 4.50. The van der Waals surface area contributed by atoms with Crippen molar-refractivity contribution in [1.82, 2.24) is 4.90 Å². The van der Waals surface area contributed by atoms with Gasteiger partial charge in [-0.25, -0.2) is 8.42 Å². The summed E-state index contributed by atoms with van der Waals surface area (Å²) in [6, 6.07) is 0. The summed E-state index contributed by atoms with van der Waals surface area (Å²) in [5.74, 6) is 0.0547. The van der Waals surface area contributed by atoms with Gasteiger partial charge in [0.1, 0.15) is 9.84 Å². The lowest BCUT2D eigenvalue weighted by atomic mass is 9.99. The molecule has 0 aromatic carbocycles. The average Bonchev–Trinajstić information content (AvgIpc) is 2.55. The Bertz CT molecular complexity index is 352. The Balaban J connectivity index is 2.47. The normalized spacial score (nSPS) is 26.9. The molecule has 1 rings (SSSR count). The fourth-order valence-electron chi connectivity index (χ4n) is 2.00. The summed E-state index contributed by atoms with van der Waals surface area (Å²) in [4.78, 5) is 13.4. The molecule has 2 unspecified atom stereocenters. The van der Waals surface area contributed by atoms with Crippen molar-refractivity contribution in [1.29, 1.82) is 0 Å². The summed E-state index contributed by atoms with van der Waals surface area (Å²) < 4.78 is 26.8. The van der Waals surface area contributed by atoms with E-state index in [2.05, 4.69) is 0 Å². The van der Waals surface area contributed by atoms with Crippen molar-refractivity contribution in [3.63, 3.8) is 0 Å². The maximum atomic E-state index is 11.4. The van der Waals surface area contributed by atoms with Crippen LogP contribution in [0, 0.1) is 11.8 Å². The van der Waals surface area contributed by atoms with Crippen molar-refractivity contribution in [3.8, 4) is 0 Å². The van der Waals surface area contributed by atoms with Crippen LogP contribution < -0.4 is 0 Å². The Kier molecular flexibility index (Phi) is 4.32. The van der Waals surface area contributed by atoms with Crippen LogP contribution in [0.4, 0.5) is 0 Å². The van der Waals surface area contributed by atoms with Crippen molar-refractivity contribution in [3.05, 3.63) is 0 Å². The highest BCUT2D eigenvalue weighted by Gasteiger charge is 2.35. The van der Waals surface area contributed by atoms with Crippen molar-refractivity contribution in [2.45, 2.75) is 6.92 Å². The highest BCUT2D eigenvalue weighted by Crippen LogP contribution is 2.23. The first-order valence-corrected chi connectivity index (χ1v) is 7.37. The summed E-state index contributed by atoms with van der Waals surface area (Å²) >= 11 is 0. The van der Waals surface area contributed by atoms with E-state index in [1.54, 1.807) is 0 Å². The van der Waals surface area contributed by atoms with Gasteiger partial charge in [-0.1, -0.05) is 6.92 Å². The largest absolute Gasteiger partial charge is 0.469 e. The van der Waals surface area contributed by atoms with Gasteiger partial charge in [0.25, 0.3) is 0 Å². The van der Waals surface area contributed by atoms with Crippen LogP contribution in [0.2, 0.25) is 0 Å². The zero-order valence-electron chi connectivity index (χ0n) is 9.97. The summed E-state index contributed by atoms with van der Waals surface area (Å²) in [6.45, 7) is 3.84. The number of sulfone groups is 1. The van der Waals surface area contributed by atoms with Crippen LogP contribution >= 0.6 is 0 Å². The predicted octanol–water partition coefficient (Wildman–Crippen LogP) is -0.228. The molecule has 1 aliphatic heterocycles. The summed E-state index contributed by atoms with van der Waals surface area (Å²) in [6.07, 6.45) is 1.23. The van der Waals surface area contributed by atoms with Crippen LogP contribution in [0.15, 0.2) is 0 Å². The lowest BCUT2D eigenvalue weighted by molar-refractivity contribution is -0.146.